The minimum atomic E-state index is -0.461. The topological polar surface area (TPSA) is 50.1 Å². The van der Waals surface area contributed by atoms with Gasteiger partial charge < -0.3 is 4.74 Å². The summed E-state index contributed by atoms with van der Waals surface area (Å²) >= 11 is 3.35. The first-order chi connectivity index (χ1) is 7.72. The fourth-order valence-corrected chi connectivity index (χ4v) is 1.67. The summed E-state index contributed by atoms with van der Waals surface area (Å²) in [5.74, 6) is -0.461. The summed E-state index contributed by atoms with van der Waals surface area (Å²) in [5.41, 5.74) is 1.74. The van der Waals surface area contributed by atoms with Gasteiger partial charge in [0.2, 0.25) is 0 Å². The van der Waals surface area contributed by atoms with Crippen molar-refractivity contribution in [2.75, 3.05) is 12.4 Å². The lowest BCUT2D eigenvalue weighted by Gasteiger charge is -2.05. The Hall–Kier alpha value is -1.34. The average molecular weight is 282 g/mol. The lowest BCUT2D eigenvalue weighted by Crippen LogP contribution is -2.05. The summed E-state index contributed by atoms with van der Waals surface area (Å²) in [7, 11) is 1.31. The smallest absolute Gasteiger partial charge is 0.339 e. The largest absolute Gasteiger partial charge is 0.465 e. The zero-order valence-electron chi connectivity index (χ0n) is 9.00. The Morgan fingerprint density at radius 3 is 2.88 bits per heavy atom. The van der Waals surface area contributed by atoms with E-state index in [1.54, 1.807) is 12.1 Å². The second kappa shape index (κ2) is 6.29. The molecule has 0 unspecified atom stereocenters. The van der Waals surface area contributed by atoms with Crippen molar-refractivity contribution < 1.29 is 9.53 Å². The Kier molecular flexibility index (Phi) is 5.00. The monoisotopic (exact) mass is 281 g/mol. The summed E-state index contributed by atoms with van der Waals surface area (Å²) in [6.07, 6.45) is 1.87. The van der Waals surface area contributed by atoms with E-state index in [0.29, 0.717) is 11.1 Å². The van der Waals surface area contributed by atoms with E-state index < -0.39 is 5.97 Å². The van der Waals surface area contributed by atoms with Crippen LogP contribution in [0.3, 0.4) is 0 Å². The molecule has 0 aromatic heterocycles. The van der Waals surface area contributed by atoms with Crippen LogP contribution in [0.4, 0.5) is 0 Å². The molecule has 84 valence electrons. The first-order valence-electron chi connectivity index (χ1n) is 4.90. The average Bonchev–Trinajstić information content (AvgIpc) is 2.35. The highest BCUT2D eigenvalue weighted by Gasteiger charge is 2.12. The lowest BCUT2D eigenvalue weighted by molar-refractivity contribution is 0.0600. The normalized spacial score (nSPS) is 9.56. The summed E-state index contributed by atoms with van der Waals surface area (Å²) in [6.45, 7) is 0. The molecule has 1 aromatic carbocycles. The number of rotatable bonds is 4. The second-order valence-corrected chi connectivity index (χ2v) is 4.07. The quantitative estimate of drug-likeness (QED) is 0.630. The number of alkyl halides is 1. The van der Waals surface area contributed by atoms with Gasteiger partial charge in [-0.25, -0.2) is 4.79 Å². The first-order valence-corrected chi connectivity index (χ1v) is 6.02. The van der Waals surface area contributed by atoms with Gasteiger partial charge in [-0.15, -0.1) is 0 Å². The van der Waals surface area contributed by atoms with Gasteiger partial charge in [0.05, 0.1) is 18.2 Å². The van der Waals surface area contributed by atoms with E-state index in [9.17, 15) is 4.79 Å². The number of ether oxygens (including phenoxy) is 1. The number of aryl methyl sites for hydroxylation is 1. The van der Waals surface area contributed by atoms with Gasteiger partial charge in [-0.05, 0) is 30.5 Å². The third-order valence-corrected chi connectivity index (χ3v) is 2.77. The van der Waals surface area contributed by atoms with E-state index >= 15 is 0 Å². The van der Waals surface area contributed by atoms with Crippen LogP contribution in [-0.4, -0.2) is 18.4 Å². The molecule has 0 aliphatic rings. The Bertz CT molecular complexity index is 424. The van der Waals surface area contributed by atoms with Gasteiger partial charge >= 0.3 is 5.97 Å². The van der Waals surface area contributed by atoms with Crippen LogP contribution >= 0.6 is 15.9 Å². The van der Waals surface area contributed by atoms with Crippen LogP contribution in [0.5, 0.6) is 0 Å². The van der Waals surface area contributed by atoms with Crippen molar-refractivity contribution in [3.63, 3.8) is 0 Å². The minimum absolute atomic E-state index is 0.345. The number of hydrogen-bond acceptors (Lipinski definition) is 3. The maximum absolute atomic E-state index is 11.4. The fraction of sp³-hybridized carbons (Fsp3) is 0.333. The van der Waals surface area contributed by atoms with Crippen LogP contribution in [0.25, 0.3) is 0 Å². The number of nitrogens with zero attached hydrogens (tertiary/aromatic N) is 1. The molecule has 3 nitrogen and oxygen atoms in total. The van der Waals surface area contributed by atoms with E-state index in [-0.39, 0.29) is 0 Å². The molecule has 0 bridgehead atoms. The Labute approximate surface area is 103 Å². The maximum Gasteiger partial charge on any atom is 0.339 e. The van der Waals surface area contributed by atoms with E-state index in [1.807, 2.05) is 12.1 Å². The summed E-state index contributed by atoms with van der Waals surface area (Å²) in [5, 5.41) is 9.78. The number of methoxy groups -OCH3 is 1. The maximum atomic E-state index is 11.4. The van der Waals surface area contributed by atoms with Gasteiger partial charge in [-0.3, -0.25) is 0 Å². The molecule has 0 radical (unpaired) electrons. The van der Waals surface area contributed by atoms with Crippen molar-refractivity contribution in [2.24, 2.45) is 0 Å². The Balaban J connectivity index is 3.02. The zero-order valence-corrected chi connectivity index (χ0v) is 10.6. The second-order valence-electron chi connectivity index (χ2n) is 3.28. The summed E-state index contributed by atoms with van der Waals surface area (Å²) in [4.78, 5) is 11.4. The van der Waals surface area contributed by atoms with Crippen LogP contribution in [0, 0.1) is 11.3 Å². The van der Waals surface area contributed by atoms with Crippen LogP contribution in [-0.2, 0) is 11.2 Å². The highest BCUT2D eigenvalue weighted by Crippen LogP contribution is 2.14. The summed E-state index contributed by atoms with van der Waals surface area (Å²) < 4.78 is 4.64. The molecule has 4 heteroatoms. The third kappa shape index (κ3) is 3.07. The SMILES string of the molecule is COC(=O)c1cc(CCCBr)ccc1C#N. The number of nitriles is 1. The molecule has 1 aromatic rings. The van der Waals surface area contributed by atoms with E-state index in [0.717, 1.165) is 23.7 Å². The molecule has 0 N–H and O–H groups in total. The van der Waals surface area contributed by atoms with Crippen molar-refractivity contribution in [3.05, 3.63) is 34.9 Å². The minimum Gasteiger partial charge on any atom is -0.465 e. The van der Waals surface area contributed by atoms with E-state index in [2.05, 4.69) is 20.7 Å². The molecule has 16 heavy (non-hydrogen) atoms. The number of benzene rings is 1. The standard InChI is InChI=1S/C12H12BrNO2/c1-16-12(15)11-7-9(3-2-6-13)4-5-10(11)8-14/h4-5,7H,2-3,6H2,1H3. The van der Waals surface area contributed by atoms with Crippen molar-refractivity contribution >= 4 is 21.9 Å². The van der Waals surface area contributed by atoms with Crippen LogP contribution in [0.2, 0.25) is 0 Å². The third-order valence-electron chi connectivity index (χ3n) is 2.21. The predicted molar refractivity (Wildman–Crippen MR) is 64.6 cm³/mol. The summed E-state index contributed by atoms with van der Waals surface area (Å²) in [6, 6.07) is 7.24. The van der Waals surface area contributed by atoms with Gasteiger partial charge in [0.1, 0.15) is 6.07 Å². The molecule has 0 fully saturated rings. The molecule has 0 amide bonds. The molecular weight excluding hydrogens is 270 g/mol. The molecule has 0 heterocycles. The molecule has 0 atom stereocenters. The number of carbonyl (C=O) groups is 1. The van der Waals surface area contributed by atoms with Gasteiger partial charge in [-0.1, -0.05) is 22.0 Å². The highest BCUT2D eigenvalue weighted by atomic mass is 79.9. The van der Waals surface area contributed by atoms with Crippen molar-refractivity contribution in [3.8, 4) is 6.07 Å². The van der Waals surface area contributed by atoms with Gasteiger partial charge in [-0.2, -0.15) is 5.26 Å². The molecule has 0 spiro atoms. The first kappa shape index (κ1) is 12.7. The number of esters is 1. The van der Waals surface area contributed by atoms with Gasteiger partial charge in [0.25, 0.3) is 0 Å². The zero-order chi connectivity index (χ0) is 12.0. The Morgan fingerprint density at radius 2 is 2.31 bits per heavy atom. The molecule has 0 aliphatic carbocycles. The molecule has 0 aliphatic heterocycles. The van der Waals surface area contributed by atoms with Crippen LogP contribution < -0.4 is 0 Å². The van der Waals surface area contributed by atoms with Crippen molar-refractivity contribution in [1.29, 1.82) is 5.26 Å². The van der Waals surface area contributed by atoms with Gasteiger partial charge in [0.15, 0.2) is 0 Å². The highest BCUT2D eigenvalue weighted by molar-refractivity contribution is 9.09. The van der Waals surface area contributed by atoms with Crippen LogP contribution in [0.1, 0.15) is 27.9 Å². The number of halogens is 1. The van der Waals surface area contributed by atoms with Crippen molar-refractivity contribution in [1.82, 2.24) is 0 Å². The molecule has 0 saturated carbocycles. The number of hydrogen-bond donors (Lipinski definition) is 0. The molecular formula is C12H12BrNO2. The Morgan fingerprint density at radius 1 is 1.56 bits per heavy atom. The van der Waals surface area contributed by atoms with Crippen LogP contribution in [0.15, 0.2) is 18.2 Å². The van der Waals surface area contributed by atoms with E-state index in [4.69, 9.17) is 5.26 Å². The predicted octanol–water partition coefficient (Wildman–Crippen LogP) is 2.67. The molecule has 0 saturated heterocycles. The lowest BCUT2D eigenvalue weighted by atomic mass is 10.0. The van der Waals surface area contributed by atoms with Gasteiger partial charge in [0, 0.05) is 5.33 Å². The number of carbonyl (C=O) groups excluding carboxylic acids is 1. The van der Waals surface area contributed by atoms with Crippen molar-refractivity contribution in [2.45, 2.75) is 12.8 Å². The molecule has 1 rings (SSSR count). The fourth-order valence-electron chi connectivity index (χ4n) is 1.39. The van der Waals surface area contributed by atoms with E-state index in [1.165, 1.54) is 7.11 Å².